The van der Waals surface area contributed by atoms with E-state index in [4.69, 9.17) is 0 Å². The molecule has 72 valence electrons. The molecule has 0 spiro atoms. The lowest BCUT2D eigenvalue weighted by Gasteiger charge is -1.94. The second kappa shape index (κ2) is 4.11. The fraction of sp³-hybridized carbons (Fsp3) is 0.200. The van der Waals surface area contributed by atoms with Crippen molar-refractivity contribution in [2.45, 2.75) is 11.3 Å². The fourth-order valence-corrected chi connectivity index (χ4v) is 2.38. The quantitative estimate of drug-likeness (QED) is 0.730. The van der Waals surface area contributed by atoms with E-state index in [9.17, 15) is 0 Å². The Kier molecular flexibility index (Phi) is 2.84. The number of thioether (sulfide) groups is 1. The standard InChI is InChI=1S/C10H10N2S2/c1-7-3-5-8(6-4-7)9-11-12-10(13-2)14-9/h3-6H,1-2H3. The van der Waals surface area contributed by atoms with Gasteiger partial charge in [0.15, 0.2) is 4.34 Å². The van der Waals surface area contributed by atoms with Crippen LogP contribution < -0.4 is 0 Å². The van der Waals surface area contributed by atoms with Crippen molar-refractivity contribution in [1.82, 2.24) is 10.2 Å². The van der Waals surface area contributed by atoms with Gasteiger partial charge in [0.1, 0.15) is 5.01 Å². The van der Waals surface area contributed by atoms with E-state index < -0.39 is 0 Å². The Morgan fingerprint density at radius 3 is 2.43 bits per heavy atom. The first-order chi connectivity index (χ1) is 6.79. The summed E-state index contributed by atoms with van der Waals surface area (Å²) in [6.07, 6.45) is 2.01. The Labute approximate surface area is 91.4 Å². The molecule has 1 aromatic heterocycles. The van der Waals surface area contributed by atoms with Crippen molar-refractivity contribution < 1.29 is 0 Å². The van der Waals surface area contributed by atoms with E-state index in [1.165, 1.54) is 5.56 Å². The first-order valence-electron chi connectivity index (χ1n) is 4.24. The van der Waals surface area contributed by atoms with Crippen LogP contribution in [-0.4, -0.2) is 16.5 Å². The molecule has 0 N–H and O–H groups in total. The lowest BCUT2D eigenvalue weighted by molar-refractivity contribution is 1.02. The summed E-state index contributed by atoms with van der Waals surface area (Å²) in [4.78, 5) is 0. The maximum absolute atomic E-state index is 4.13. The van der Waals surface area contributed by atoms with E-state index >= 15 is 0 Å². The molecule has 0 aliphatic heterocycles. The topological polar surface area (TPSA) is 25.8 Å². The molecule has 14 heavy (non-hydrogen) atoms. The van der Waals surface area contributed by atoms with Crippen LogP contribution in [-0.2, 0) is 0 Å². The van der Waals surface area contributed by atoms with Crippen molar-refractivity contribution in [2.24, 2.45) is 0 Å². The van der Waals surface area contributed by atoms with Crippen molar-refractivity contribution in [3.05, 3.63) is 29.8 Å². The minimum absolute atomic E-state index is 0.995. The van der Waals surface area contributed by atoms with Gasteiger partial charge >= 0.3 is 0 Å². The summed E-state index contributed by atoms with van der Waals surface area (Å²) < 4.78 is 1.01. The maximum Gasteiger partial charge on any atom is 0.174 e. The number of aromatic nitrogens is 2. The second-order valence-corrected chi connectivity index (χ2v) is 4.97. The van der Waals surface area contributed by atoms with Crippen LogP contribution in [0, 0.1) is 6.92 Å². The summed E-state index contributed by atoms with van der Waals surface area (Å²) in [6, 6.07) is 8.35. The molecule has 4 heteroatoms. The molecule has 1 heterocycles. The molecule has 2 aromatic rings. The van der Waals surface area contributed by atoms with Crippen LogP contribution in [0.2, 0.25) is 0 Å². The van der Waals surface area contributed by atoms with Crippen LogP contribution in [0.5, 0.6) is 0 Å². The lowest BCUT2D eigenvalue weighted by Crippen LogP contribution is -1.77. The van der Waals surface area contributed by atoms with E-state index in [0.29, 0.717) is 0 Å². The van der Waals surface area contributed by atoms with Gasteiger partial charge in [-0.1, -0.05) is 52.9 Å². The van der Waals surface area contributed by atoms with Crippen molar-refractivity contribution in [3.8, 4) is 10.6 Å². The normalized spacial score (nSPS) is 10.4. The van der Waals surface area contributed by atoms with Crippen LogP contribution in [0.15, 0.2) is 28.6 Å². The first-order valence-corrected chi connectivity index (χ1v) is 6.28. The minimum Gasteiger partial charge on any atom is -0.137 e. The third-order valence-electron chi connectivity index (χ3n) is 1.88. The van der Waals surface area contributed by atoms with Crippen molar-refractivity contribution in [2.75, 3.05) is 6.26 Å². The smallest absolute Gasteiger partial charge is 0.137 e. The van der Waals surface area contributed by atoms with Gasteiger partial charge in [0.05, 0.1) is 0 Å². The Morgan fingerprint density at radius 2 is 1.86 bits per heavy atom. The van der Waals surface area contributed by atoms with Crippen molar-refractivity contribution in [3.63, 3.8) is 0 Å². The van der Waals surface area contributed by atoms with Crippen molar-refractivity contribution >= 4 is 23.1 Å². The zero-order chi connectivity index (χ0) is 9.97. The summed E-state index contributed by atoms with van der Waals surface area (Å²) >= 11 is 3.26. The molecule has 2 nitrogen and oxygen atoms in total. The van der Waals surface area contributed by atoms with Gasteiger partial charge in [-0.25, -0.2) is 0 Å². The Balaban J connectivity index is 2.34. The molecule has 0 aliphatic carbocycles. The molecule has 0 saturated heterocycles. The van der Waals surface area contributed by atoms with Crippen molar-refractivity contribution in [1.29, 1.82) is 0 Å². The predicted octanol–water partition coefficient (Wildman–Crippen LogP) is 3.24. The number of rotatable bonds is 2. The van der Waals surface area contributed by atoms with E-state index in [1.54, 1.807) is 23.1 Å². The Morgan fingerprint density at radius 1 is 1.14 bits per heavy atom. The van der Waals surface area contributed by atoms with E-state index in [2.05, 4.69) is 41.4 Å². The molecule has 2 rings (SSSR count). The number of benzene rings is 1. The lowest BCUT2D eigenvalue weighted by atomic mass is 10.2. The van der Waals surface area contributed by atoms with Gasteiger partial charge in [-0.2, -0.15) is 0 Å². The highest BCUT2D eigenvalue weighted by Crippen LogP contribution is 2.27. The van der Waals surface area contributed by atoms with E-state index in [1.807, 2.05) is 6.26 Å². The predicted molar refractivity (Wildman–Crippen MR) is 61.9 cm³/mol. The molecule has 0 fully saturated rings. The molecule has 0 unspecified atom stereocenters. The largest absolute Gasteiger partial charge is 0.174 e. The molecular formula is C10H10N2S2. The van der Waals surface area contributed by atoms with Gasteiger partial charge in [-0.3, -0.25) is 0 Å². The minimum atomic E-state index is 0.995. The molecule has 0 radical (unpaired) electrons. The Bertz CT molecular complexity index is 420. The van der Waals surface area contributed by atoms with Crippen LogP contribution in [0.1, 0.15) is 5.56 Å². The van der Waals surface area contributed by atoms with Gasteiger partial charge in [-0.15, -0.1) is 10.2 Å². The monoisotopic (exact) mass is 222 g/mol. The van der Waals surface area contributed by atoms with Gasteiger partial charge in [0.25, 0.3) is 0 Å². The molecule has 0 saturated carbocycles. The fourth-order valence-electron chi connectivity index (χ4n) is 1.11. The highest BCUT2D eigenvalue weighted by molar-refractivity contribution is 8.00. The second-order valence-electron chi connectivity index (χ2n) is 2.94. The zero-order valence-corrected chi connectivity index (χ0v) is 9.65. The number of hydrogen-bond donors (Lipinski definition) is 0. The number of hydrogen-bond acceptors (Lipinski definition) is 4. The summed E-state index contributed by atoms with van der Waals surface area (Å²) in [5, 5.41) is 9.19. The highest BCUT2D eigenvalue weighted by Gasteiger charge is 2.04. The van der Waals surface area contributed by atoms with Crippen LogP contribution >= 0.6 is 23.1 Å². The summed E-state index contributed by atoms with van der Waals surface area (Å²) in [7, 11) is 0. The summed E-state index contributed by atoms with van der Waals surface area (Å²) in [5.41, 5.74) is 2.41. The van der Waals surface area contributed by atoms with Crippen LogP contribution in [0.3, 0.4) is 0 Å². The summed E-state index contributed by atoms with van der Waals surface area (Å²) in [6.45, 7) is 2.08. The molecule has 0 amide bonds. The highest BCUT2D eigenvalue weighted by atomic mass is 32.2. The third-order valence-corrected chi connectivity index (χ3v) is 3.83. The van der Waals surface area contributed by atoms with E-state index in [0.717, 1.165) is 14.9 Å². The van der Waals surface area contributed by atoms with Crippen LogP contribution in [0.4, 0.5) is 0 Å². The molecular weight excluding hydrogens is 212 g/mol. The van der Waals surface area contributed by atoms with Gasteiger partial charge < -0.3 is 0 Å². The van der Waals surface area contributed by atoms with Gasteiger partial charge in [-0.05, 0) is 13.2 Å². The van der Waals surface area contributed by atoms with E-state index in [-0.39, 0.29) is 0 Å². The number of aryl methyl sites for hydroxylation is 1. The molecule has 0 aliphatic rings. The molecule has 0 atom stereocenters. The third kappa shape index (κ3) is 1.96. The van der Waals surface area contributed by atoms with Gasteiger partial charge in [0, 0.05) is 5.56 Å². The number of nitrogens with zero attached hydrogens (tertiary/aromatic N) is 2. The Hall–Kier alpha value is -0.870. The SMILES string of the molecule is CSc1nnc(-c2ccc(C)cc2)s1. The van der Waals surface area contributed by atoms with Gasteiger partial charge in [0.2, 0.25) is 0 Å². The maximum atomic E-state index is 4.13. The molecule has 1 aromatic carbocycles. The summed E-state index contributed by atoms with van der Waals surface area (Å²) in [5.74, 6) is 0. The first kappa shape index (κ1) is 9.68. The average molecular weight is 222 g/mol. The zero-order valence-electron chi connectivity index (χ0n) is 8.02. The average Bonchev–Trinajstić information content (AvgIpc) is 2.67. The molecule has 0 bridgehead atoms. The van der Waals surface area contributed by atoms with Crippen LogP contribution in [0.25, 0.3) is 10.6 Å².